The van der Waals surface area contributed by atoms with E-state index >= 15 is 0 Å². The molecular weight excluding hydrogens is 554 g/mol. The molecule has 3 N–H and O–H groups in total. The summed E-state index contributed by atoms with van der Waals surface area (Å²) in [6.07, 6.45) is 3.17. The molecule has 2 saturated heterocycles. The van der Waals surface area contributed by atoms with Crippen molar-refractivity contribution in [2.45, 2.75) is 45.8 Å². The first-order chi connectivity index (χ1) is 17.9. The maximum atomic E-state index is 13.7. The molecule has 2 aliphatic rings. The number of rotatable bonds is 6. The van der Waals surface area contributed by atoms with Crippen LogP contribution in [0.3, 0.4) is 0 Å². The molecule has 2 amide bonds. The van der Waals surface area contributed by atoms with E-state index in [1.54, 1.807) is 35.2 Å². The van der Waals surface area contributed by atoms with Crippen LogP contribution in [-0.4, -0.2) is 82.9 Å². The third-order valence-electron chi connectivity index (χ3n) is 7.18. The van der Waals surface area contributed by atoms with Crippen molar-refractivity contribution >= 4 is 44.8 Å². The summed E-state index contributed by atoms with van der Waals surface area (Å²) in [4.78, 5) is 46.3. The molecule has 0 saturated carbocycles. The number of likely N-dealkylation sites (tertiary alicyclic amines) is 1. The van der Waals surface area contributed by atoms with E-state index in [-0.39, 0.29) is 46.9 Å². The molecule has 1 aromatic heterocycles. The summed E-state index contributed by atoms with van der Waals surface area (Å²) < 4.78 is 0.453. The maximum absolute atomic E-state index is 13.7. The van der Waals surface area contributed by atoms with Crippen molar-refractivity contribution in [3.8, 4) is 0 Å². The number of hydrogen-bond donors (Lipinski definition) is 3. The molecule has 0 spiro atoms. The zero-order chi connectivity index (χ0) is 27.8. The first-order valence-corrected chi connectivity index (χ1v) is 13.4. The predicted octanol–water partition coefficient (Wildman–Crippen LogP) is 3.58. The van der Waals surface area contributed by atoms with Crippen molar-refractivity contribution < 1.29 is 14.5 Å². The molecular formula is C26H34BrN7O4. The minimum atomic E-state index is -0.479. The summed E-state index contributed by atoms with van der Waals surface area (Å²) in [5, 5.41) is 21.8. The van der Waals surface area contributed by atoms with Crippen LogP contribution in [0, 0.1) is 15.5 Å². The lowest BCUT2D eigenvalue weighted by Gasteiger charge is -2.36. The second-order valence-electron chi connectivity index (χ2n) is 10.9. The molecule has 0 aliphatic carbocycles. The number of aromatic nitrogens is 1. The van der Waals surface area contributed by atoms with Gasteiger partial charge in [0.25, 0.3) is 17.5 Å². The summed E-state index contributed by atoms with van der Waals surface area (Å²) in [6, 6.07) is 4.65. The number of benzene rings is 1. The van der Waals surface area contributed by atoms with Gasteiger partial charge in [0, 0.05) is 73.7 Å². The van der Waals surface area contributed by atoms with Gasteiger partial charge in [0.15, 0.2) is 0 Å². The summed E-state index contributed by atoms with van der Waals surface area (Å²) in [7, 11) is 1.76. The number of halogens is 1. The van der Waals surface area contributed by atoms with Crippen molar-refractivity contribution in [1.82, 2.24) is 20.1 Å². The van der Waals surface area contributed by atoms with Crippen LogP contribution in [-0.2, 0) is 0 Å². The summed E-state index contributed by atoms with van der Waals surface area (Å²) in [5.41, 5.74) is 0.982. The average molecular weight is 589 g/mol. The molecule has 0 radical (unpaired) electrons. The van der Waals surface area contributed by atoms with Gasteiger partial charge in [0.2, 0.25) is 0 Å². The molecule has 204 valence electrons. The summed E-state index contributed by atoms with van der Waals surface area (Å²) >= 11 is 3.35. The fourth-order valence-electron chi connectivity index (χ4n) is 5.30. The molecule has 3 heterocycles. The number of nitro groups is 1. The van der Waals surface area contributed by atoms with Gasteiger partial charge in [0.05, 0.1) is 27.8 Å². The molecule has 11 nitrogen and oxygen atoms in total. The third-order valence-corrected chi connectivity index (χ3v) is 7.64. The standard InChI is InChI=1S/C26H34BrN7O4/c1-15-11-32(12-16(2)30-15)25(36)20-7-18(27)8-21(34(37)38)23(20)31-22-13-33(14-26(22,3)4)24(35)17-6-19(28-5)10-29-9-17/h6-10,15-16,22,28,30-31H,11-14H2,1-5H3/t15-,16+,22-/m0/s1. The fraction of sp³-hybridized carbons (Fsp3) is 0.500. The molecule has 1 aromatic carbocycles. The number of nitro benzene ring substituents is 1. The Labute approximate surface area is 230 Å². The number of nitrogens with zero attached hydrogens (tertiary/aromatic N) is 4. The Hall–Kier alpha value is -3.25. The molecule has 0 bridgehead atoms. The van der Waals surface area contributed by atoms with E-state index in [9.17, 15) is 19.7 Å². The molecule has 2 aliphatic heterocycles. The Morgan fingerprint density at radius 2 is 1.79 bits per heavy atom. The van der Waals surface area contributed by atoms with Crippen LogP contribution in [0.25, 0.3) is 0 Å². The highest BCUT2D eigenvalue weighted by molar-refractivity contribution is 9.10. The second-order valence-corrected chi connectivity index (χ2v) is 11.8. The van der Waals surface area contributed by atoms with Crippen LogP contribution < -0.4 is 16.0 Å². The Morgan fingerprint density at radius 1 is 1.11 bits per heavy atom. The lowest BCUT2D eigenvalue weighted by molar-refractivity contribution is -0.384. The summed E-state index contributed by atoms with van der Waals surface area (Å²) in [5.74, 6) is -0.437. The first kappa shape index (κ1) is 27.8. The van der Waals surface area contributed by atoms with E-state index in [2.05, 4.69) is 36.9 Å². The zero-order valence-corrected chi connectivity index (χ0v) is 23.8. The zero-order valence-electron chi connectivity index (χ0n) is 22.2. The van der Waals surface area contributed by atoms with Gasteiger partial charge in [-0.05, 0) is 26.0 Å². The summed E-state index contributed by atoms with van der Waals surface area (Å²) in [6.45, 7) is 9.78. The first-order valence-electron chi connectivity index (χ1n) is 12.6. The Kier molecular flexibility index (Phi) is 7.93. The van der Waals surface area contributed by atoms with Crippen molar-refractivity contribution in [3.63, 3.8) is 0 Å². The van der Waals surface area contributed by atoms with E-state index in [1.807, 2.05) is 27.7 Å². The van der Waals surface area contributed by atoms with Crippen LogP contribution in [0.15, 0.2) is 35.1 Å². The van der Waals surface area contributed by atoms with Gasteiger partial charge in [0.1, 0.15) is 5.69 Å². The topological polar surface area (TPSA) is 133 Å². The van der Waals surface area contributed by atoms with Gasteiger partial charge in [-0.1, -0.05) is 29.8 Å². The second kappa shape index (κ2) is 10.9. The van der Waals surface area contributed by atoms with Crippen molar-refractivity contribution in [1.29, 1.82) is 0 Å². The number of carbonyl (C=O) groups excluding carboxylic acids is 2. The molecule has 4 rings (SSSR count). The van der Waals surface area contributed by atoms with Crippen LogP contribution in [0.2, 0.25) is 0 Å². The van der Waals surface area contributed by atoms with Crippen LogP contribution in [0.4, 0.5) is 17.1 Å². The quantitative estimate of drug-likeness (QED) is 0.345. The predicted molar refractivity (Wildman–Crippen MR) is 150 cm³/mol. The van der Waals surface area contributed by atoms with Gasteiger partial charge >= 0.3 is 0 Å². The minimum Gasteiger partial charge on any atom is -0.387 e. The van der Waals surface area contributed by atoms with E-state index in [0.717, 1.165) is 5.69 Å². The van der Waals surface area contributed by atoms with E-state index in [1.165, 1.54) is 12.3 Å². The molecule has 2 fully saturated rings. The molecule has 2 aromatic rings. The van der Waals surface area contributed by atoms with Gasteiger partial charge in [-0.2, -0.15) is 0 Å². The average Bonchev–Trinajstić information content (AvgIpc) is 3.16. The van der Waals surface area contributed by atoms with Gasteiger partial charge < -0.3 is 25.8 Å². The van der Waals surface area contributed by atoms with E-state index < -0.39 is 10.3 Å². The SMILES string of the molecule is CNc1cncc(C(=O)N2C[C@H](Nc3c(C(=O)N4C[C@@H](C)N[C@@H](C)C4)cc(Br)cc3[N+](=O)[O-])C(C)(C)C2)c1. The fourth-order valence-corrected chi connectivity index (χ4v) is 5.75. The number of carbonyl (C=O) groups is 2. The maximum Gasteiger partial charge on any atom is 0.294 e. The highest BCUT2D eigenvalue weighted by Crippen LogP contribution is 2.39. The number of pyridine rings is 1. The number of piperazine rings is 1. The van der Waals surface area contributed by atoms with E-state index in [0.29, 0.717) is 36.2 Å². The van der Waals surface area contributed by atoms with Crippen LogP contribution >= 0.6 is 15.9 Å². The van der Waals surface area contributed by atoms with Crippen molar-refractivity contribution in [2.24, 2.45) is 5.41 Å². The molecule has 12 heteroatoms. The van der Waals surface area contributed by atoms with Gasteiger partial charge in [-0.15, -0.1) is 0 Å². The molecule has 38 heavy (non-hydrogen) atoms. The third kappa shape index (κ3) is 5.75. The van der Waals surface area contributed by atoms with E-state index in [4.69, 9.17) is 0 Å². The van der Waals surface area contributed by atoms with Crippen LogP contribution in [0.5, 0.6) is 0 Å². The Bertz CT molecular complexity index is 1240. The van der Waals surface area contributed by atoms with Crippen molar-refractivity contribution in [3.05, 3.63) is 56.3 Å². The Morgan fingerprint density at radius 3 is 2.42 bits per heavy atom. The lowest BCUT2D eigenvalue weighted by Crippen LogP contribution is -2.56. The van der Waals surface area contributed by atoms with Gasteiger partial charge in [-0.3, -0.25) is 24.7 Å². The van der Waals surface area contributed by atoms with Crippen molar-refractivity contribution in [2.75, 3.05) is 43.9 Å². The monoisotopic (exact) mass is 587 g/mol. The highest BCUT2D eigenvalue weighted by atomic mass is 79.9. The molecule has 3 atom stereocenters. The normalized spacial score (nSPS) is 22.7. The lowest BCUT2D eigenvalue weighted by atomic mass is 9.87. The van der Waals surface area contributed by atoms with Gasteiger partial charge in [-0.25, -0.2) is 0 Å². The number of hydrogen-bond acceptors (Lipinski definition) is 8. The number of amides is 2. The highest BCUT2D eigenvalue weighted by Gasteiger charge is 2.43. The minimum absolute atomic E-state index is 0.102. The number of nitrogens with one attached hydrogen (secondary N) is 3. The Balaban J connectivity index is 1.66. The largest absolute Gasteiger partial charge is 0.387 e. The molecule has 0 unspecified atom stereocenters. The number of anilines is 2. The van der Waals surface area contributed by atoms with Crippen LogP contribution in [0.1, 0.15) is 48.4 Å². The smallest absolute Gasteiger partial charge is 0.294 e.